The monoisotopic (exact) mass is 300 g/mol. The summed E-state index contributed by atoms with van der Waals surface area (Å²) in [7, 11) is -3.54. The van der Waals surface area contributed by atoms with Crippen molar-refractivity contribution in [2.45, 2.75) is 45.4 Å². The van der Waals surface area contributed by atoms with Gasteiger partial charge in [0.1, 0.15) is 4.90 Å². The molecule has 0 spiro atoms. The van der Waals surface area contributed by atoms with Gasteiger partial charge in [0.15, 0.2) is 0 Å². The smallest absolute Gasteiger partial charge is 0.243 e. The second kappa shape index (κ2) is 6.99. The highest BCUT2D eigenvalue weighted by molar-refractivity contribution is 7.89. The number of nitrogens with zero attached hydrogens (tertiary/aromatic N) is 2. The van der Waals surface area contributed by atoms with Gasteiger partial charge in [-0.3, -0.25) is 0 Å². The Balaban J connectivity index is 2.73. The van der Waals surface area contributed by atoms with Crippen molar-refractivity contribution in [3.63, 3.8) is 0 Å². The van der Waals surface area contributed by atoms with Crippen LogP contribution in [-0.4, -0.2) is 31.5 Å². The number of aromatic nitrogens is 2. The van der Waals surface area contributed by atoms with Gasteiger partial charge < -0.3 is 5.32 Å². The maximum Gasteiger partial charge on any atom is 0.243 e. The van der Waals surface area contributed by atoms with Gasteiger partial charge in [-0.05, 0) is 18.3 Å². The van der Waals surface area contributed by atoms with E-state index in [2.05, 4.69) is 20.0 Å². The average molecular weight is 300 g/mol. The van der Waals surface area contributed by atoms with E-state index >= 15 is 0 Å². The molecule has 1 aromatic rings. The van der Waals surface area contributed by atoms with Gasteiger partial charge in [0, 0.05) is 13.1 Å². The van der Waals surface area contributed by atoms with Gasteiger partial charge in [-0.25, -0.2) is 23.1 Å². The summed E-state index contributed by atoms with van der Waals surface area (Å²) in [6.07, 6.45) is 4.50. The maximum absolute atomic E-state index is 12.1. The number of rotatable bonds is 8. The van der Waals surface area contributed by atoms with Crippen LogP contribution in [0.1, 0.15) is 40.5 Å². The zero-order chi connectivity index (χ0) is 15.2. The standard InChI is InChI=1S/C13H24N4O2S/c1-5-7-14-12-15-8-11(9-16-12)20(18,19)17-10-13(3,4)6-2/h8-9,17H,5-7,10H2,1-4H3,(H,14,15,16). The van der Waals surface area contributed by atoms with Crippen molar-refractivity contribution in [3.8, 4) is 0 Å². The second-order valence-electron chi connectivity index (χ2n) is 5.51. The molecule has 20 heavy (non-hydrogen) atoms. The molecule has 1 heterocycles. The first-order valence-electron chi connectivity index (χ1n) is 6.86. The fourth-order valence-electron chi connectivity index (χ4n) is 1.28. The molecule has 7 heteroatoms. The first-order chi connectivity index (χ1) is 9.30. The SMILES string of the molecule is CCCNc1ncc(S(=O)(=O)NCC(C)(C)CC)cn1. The summed E-state index contributed by atoms with van der Waals surface area (Å²) >= 11 is 0. The highest BCUT2D eigenvalue weighted by atomic mass is 32.2. The number of hydrogen-bond donors (Lipinski definition) is 2. The van der Waals surface area contributed by atoms with E-state index in [1.54, 1.807) is 0 Å². The van der Waals surface area contributed by atoms with Crippen LogP contribution in [0.5, 0.6) is 0 Å². The summed E-state index contributed by atoms with van der Waals surface area (Å²) < 4.78 is 26.8. The summed E-state index contributed by atoms with van der Waals surface area (Å²) in [4.78, 5) is 8.10. The van der Waals surface area contributed by atoms with Crippen LogP contribution in [0, 0.1) is 5.41 Å². The lowest BCUT2D eigenvalue weighted by atomic mass is 9.91. The van der Waals surface area contributed by atoms with Gasteiger partial charge in [-0.1, -0.05) is 27.7 Å². The fourth-order valence-corrected chi connectivity index (χ4v) is 2.41. The van der Waals surface area contributed by atoms with Crippen LogP contribution in [-0.2, 0) is 10.0 Å². The van der Waals surface area contributed by atoms with Crippen LogP contribution in [0.3, 0.4) is 0 Å². The van der Waals surface area contributed by atoms with Gasteiger partial charge in [0.25, 0.3) is 0 Å². The molecule has 0 aromatic carbocycles. The Morgan fingerprint density at radius 3 is 2.30 bits per heavy atom. The van der Waals surface area contributed by atoms with Crippen molar-refractivity contribution in [1.82, 2.24) is 14.7 Å². The molecule has 114 valence electrons. The number of hydrogen-bond acceptors (Lipinski definition) is 5. The number of nitrogens with one attached hydrogen (secondary N) is 2. The van der Waals surface area contributed by atoms with E-state index in [-0.39, 0.29) is 10.3 Å². The predicted molar refractivity (Wildman–Crippen MR) is 80.1 cm³/mol. The Bertz CT molecular complexity index is 512. The minimum Gasteiger partial charge on any atom is -0.354 e. The highest BCUT2D eigenvalue weighted by Crippen LogP contribution is 2.19. The average Bonchev–Trinajstić information content (AvgIpc) is 2.44. The Labute approximate surface area is 121 Å². The number of anilines is 1. The topological polar surface area (TPSA) is 84.0 Å². The summed E-state index contributed by atoms with van der Waals surface area (Å²) in [6.45, 7) is 9.25. The normalized spacial score (nSPS) is 12.4. The van der Waals surface area contributed by atoms with E-state index in [0.29, 0.717) is 12.5 Å². The van der Waals surface area contributed by atoms with Gasteiger partial charge in [0.05, 0.1) is 12.4 Å². The van der Waals surface area contributed by atoms with E-state index in [1.807, 2.05) is 27.7 Å². The molecule has 0 aliphatic heterocycles. The Morgan fingerprint density at radius 1 is 1.20 bits per heavy atom. The quantitative estimate of drug-likeness (QED) is 0.767. The molecular formula is C13H24N4O2S. The summed E-state index contributed by atoms with van der Waals surface area (Å²) in [5.74, 6) is 0.444. The van der Waals surface area contributed by atoms with Crippen molar-refractivity contribution in [1.29, 1.82) is 0 Å². The van der Waals surface area contributed by atoms with Crippen LogP contribution in [0.25, 0.3) is 0 Å². The lowest BCUT2D eigenvalue weighted by Gasteiger charge is -2.22. The van der Waals surface area contributed by atoms with E-state index in [9.17, 15) is 8.42 Å². The van der Waals surface area contributed by atoms with Crippen LogP contribution < -0.4 is 10.0 Å². The Hall–Kier alpha value is -1.21. The van der Waals surface area contributed by atoms with Gasteiger partial charge in [-0.2, -0.15) is 0 Å². The molecule has 6 nitrogen and oxygen atoms in total. The largest absolute Gasteiger partial charge is 0.354 e. The van der Waals surface area contributed by atoms with Crippen LogP contribution in [0.15, 0.2) is 17.3 Å². The molecule has 0 amide bonds. The van der Waals surface area contributed by atoms with E-state index in [4.69, 9.17) is 0 Å². The third-order valence-corrected chi connectivity index (χ3v) is 4.53. The van der Waals surface area contributed by atoms with E-state index in [1.165, 1.54) is 12.4 Å². The third-order valence-electron chi connectivity index (χ3n) is 3.17. The fraction of sp³-hybridized carbons (Fsp3) is 0.692. The van der Waals surface area contributed by atoms with Gasteiger partial charge in [0.2, 0.25) is 16.0 Å². The molecule has 0 saturated heterocycles. The summed E-state index contributed by atoms with van der Waals surface area (Å²) in [5, 5.41) is 3.00. The zero-order valence-corrected chi connectivity index (χ0v) is 13.4. The van der Waals surface area contributed by atoms with Crippen LogP contribution in [0.4, 0.5) is 5.95 Å². The molecule has 0 aliphatic carbocycles. The number of sulfonamides is 1. The summed E-state index contributed by atoms with van der Waals surface area (Å²) in [6, 6.07) is 0. The Kier molecular flexibility index (Phi) is 5.88. The minimum absolute atomic E-state index is 0.0729. The van der Waals surface area contributed by atoms with Crippen LogP contribution in [0.2, 0.25) is 0 Å². The van der Waals surface area contributed by atoms with E-state index in [0.717, 1.165) is 19.4 Å². The molecule has 0 unspecified atom stereocenters. The minimum atomic E-state index is -3.54. The predicted octanol–water partition coefficient (Wildman–Crippen LogP) is 2.01. The zero-order valence-electron chi connectivity index (χ0n) is 12.6. The first kappa shape index (κ1) is 16.8. The molecular weight excluding hydrogens is 276 g/mol. The Morgan fingerprint density at radius 2 is 1.80 bits per heavy atom. The maximum atomic E-state index is 12.1. The van der Waals surface area contributed by atoms with Gasteiger partial charge in [-0.15, -0.1) is 0 Å². The first-order valence-corrected chi connectivity index (χ1v) is 8.34. The summed E-state index contributed by atoms with van der Waals surface area (Å²) in [5.41, 5.74) is -0.0729. The van der Waals surface area contributed by atoms with Crippen molar-refractivity contribution < 1.29 is 8.42 Å². The molecule has 0 atom stereocenters. The van der Waals surface area contributed by atoms with Crippen LogP contribution >= 0.6 is 0 Å². The van der Waals surface area contributed by atoms with Crippen molar-refractivity contribution in [2.75, 3.05) is 18.4 Å². The van der Waals surface area contributed by atoms with Crippen molar-refractivity contribution in [2.24, 2.45) is 5.41 Å². The molecule has 0 fully saturated rings. The highest BCUT2D eigenvalue weighted by Gasteiger charge is 2.21. The molecule has 0 bridgehead atoms. The van der Waals surface area contributed by atoms with E-state index < -0.39 is 10.0 Å². The van der Waals surface area contributed by atoms with Crippen molar-refractivity contribution >= 4 is 16.0 Å². The molecule has 1 aromatic heterocycles. The molecule has 0 radical (unpaired) electrons. The molecule has 1 rings (SSSR count). The molecule has 2 N–H and O–H groups in total. The third kappa shape index (κ3) is 5.05. The lowest BCUT2D eigenvalue weighted by molar-refractivity contribution is 0.350. The van der Waals surface area contributed by atoms with Crippen molar-refractivity contribution in [3.05, 3.63) is 12.4 Å². The van der Waals surface area contributed by atoms with Gasteiger partial charge >= 0.3 is 0 Å². The lowest BCUT2D eigenvalue weighted by Crippen LogP contribution is -2.33. The second-order valence-corrected chi connectivity index (χ2v) is 7.28. The molecule has 0 saturated carbocycles. The molecule has 0 aliphatic rings.